The molecule has 0 atom stereocenters. The van der Waals surface area contributed by atoms with Gasteiger partial charge in [0.25, 0.3) is 10.0 Å². The molecule has 1 aromatic heterocycles. The van der Waals surface area contributed by atoms with Crippen molar-refractivity contribution < 1.29 is 17.9 Å². The van der Waals surface area contributed by atoms with Crippen molar-refractivity contribution in [2.45, 2.75) is 30.6 Å². The molecular weight excluding hydrogens is 366 g/mol. The van der Waals surface area contributed by atoms with E-state index < -0.39 is 10.0 Å². The lowest BCUT2D eigenvalue weighted by molar-refractivity contribution is 0.354. The van der Waals surface area contributed by atoms with Gasteiger partial charge in [0.05, 0.1) is 31.0 Å². The maximum Gasteiger partial charge on any atom is 0.263 e. The summed E-state index contributed by atoms with van der Waals surface area (Å²) in [6.07, 6.45) is 6.58. The quantitative estimate of drug-likeness (QED) is 0.814. The highest BCUT2D eigenvalue weighted by molar-refractivity contribution is 7.92. The molecule has 146 valence electrons. The van der Waals surface area contributed by atoms with Gasteiger partial charge in [-0.25, -0.2) is 13.4 Å². The highest BCUT2D eigenvalue weighted by Crippen LogP contribution is 2.30. The standard InChI is InChI=1S/C19H25N3O4S/c1-25-17-9-8-16(13-18(17)26-2)27(23,24)21-19-10-7-15(14-20-19)22-11-5-3-4-6-12-22/h7-10,13-14H,3-6,11-12H2,1-2H3,(H,20,21). The molecule has 0 aliphatic carbocycles. The van der Waals surface area contributed by atoms with E-state index in [4.69, 9.17) is 9.47 Å². The van der Waals surface area contributed by atoms with Crippen molar-refractivity contribution in [1.82, 2.24) is 4.98 Å². The topological polar surface area (TPSA) is 80.8 Å². The summed E-state index contributed by atoms with van der Waals surface area (Å²) in [5.74, 6) is 1.10. The van der Waals surface area contributed by atoms with Crippen LogP contribution in [0.3, 0.4) is 0 Å². The summed E-state index contributed by atoms with van der Waals surface area (Å²) in [7, 11) is -0.813. The molecule has 3 rings (SSSR count). The van der Waals surface area contributed by atoms with Crippen LogP contribution in [-0.4, -0.2) is 40.7 Å². The van der Waals surface area contributed by atoms with Gasteiger partial charge in [0.2, 0.25) is 0 Å². The number of pyridine rings is 1. The molecule has 0 unspecified atom stereocenters. The number of ether oxygens (including phenoxy) is 2. The average Bonchev–Trinajstić information content (AvgIpc) is 2.97. The Morgan fingerprint density at radius 1 is 0.963 bits per heavy atom. The summed E-state index contributed by atoms with van der Waals surface area (Å²) in [5, 5.41) is 0. The Balaban J connectivity index is 1.75. The van der Waals surface area contributed by atoms with Gasteiger partial charge in [-0.05, 0) is 37.1 Å². The van der Waals surface area contributed by atoms with Gasteiger partial charge in [-0.1, -0.05) is 12.8 Å². The van der Waals surface area contributed by atoms with E-state index in [1.54, 1.807) is 18.3 Å². The van der Waals surface area contributed by atoms with E-state index in [1.807, 2.05) is 6.07 Å². The smallest absolute Gasteiger partial charge is 0.263 e. The summed E-state index contributed by atoms with van der Waals surface area (Å²) in [4.78, 5) is 6.66. The van der Waals surface area contributed by atoms with Crippen LogP contribution >= 0.6 is 0 Å². The van der Waals surface area contributed by atoms with Crippen LogP contribution in [0, 0.1) is 0 Å². The normalized spacial score (nSPS) is 15.1. The van der Waals surface area contributed by atoms with Crippen molar-refractivity contribution in [3.63, 3.8) is 0 Å². The molecule has 8 heteroatoms. The molecule has 1 fully saturated rings. The number of sulfonamides is 1. The van der Waals surface area contributed by atoms with Crippen molar-refractivity contribution in [2.24, 2.45) is 0 Å². The molecule has 2 aromatic rings. The fraction of sp³-hybridized carbons (Fsp3) is 0.421. The second kappa shape index (κ2) is 8.47. The van der Waals surface area contributed by atoms with Gasteiger partial charge in [0.15, 0.2) is 11.5 Å². The third-order valence-electron chi connectivity index (χ3n) is 4.62. The first-order valence-electron chi connectivity index (χ1n) is 8.99. The minimum atomic E-state index is -3.78. The van der Waals surface area contributed by atoms with E-state index in [-0.39, 0.29) is 10.7 Å². The molecule has 7 nitrogen and oxygen atoms in total. The van der Waals surface area contributed by atoms with Crippen molar-refractivity contribution in [3.05, 3.63) is 36.5 Å². The number of hydrogen-bond acceptors (Lipinski definition) is 6. The first-order valence-corrected chi connectivity index (χ1v) is 10.5. The van der Waals surface area contributed by atoms with Crippen LogP contribution in [0.1, 0.15) is 25.7 Å². The van der Waals surface area contributed by atoms with Crippen LogP contribution in [0.25, 0.3) is 0 Å². The first kappa shape index (κ1) is 19.3. The maximum absolute atomic E-state index is 12.6. The number of nitrogens with zero attached hydrogens (tertiary/aromatic N) is 2. The molecule has 0 radical (unpaired) electrons. The predicted octanol–water partition coefficient (Wildman–Crippen LogP) is 3.28. The molecule has 2 heterocycles. The molecule has 1 aromatic carbocycles. The average molecular weight is 391 g/mol. The summed E-state index contributed by atoms with van der Waals surface area (Å²) in [5.41, 5.74) is 1.02. The third kappa shape index (κ3) is 4.63. The second-order valence-corrected chi connectivity index (χ2v) is 8.11. The Bertz CT molecular complexity index is 861. The van der Waals surface area contributed by atoms with E-state index in [1.165, 1.54) is 52.0 Å². The number of benzene rings is 1. The lowest BCUT2D eigenvalue weighted by Crippen LogP contribution is -2.24. The lowest BCUT2D eigenvalue weighted by atomic mass is 10.2. The molecule has 0 bridgehead atoms. The van der Waals surface area contributed by atoms with Crippen LogP contribution in [0.5, 0.6) is 11.5 Å². The Labute approximate surface area is 160 Å². The fourth-order valence-corrected chi connectivity index (χ4v) is 4.17. The number of hydrogen-bond donors (Lipinski definition) is 1. The minimum absolute atomic E-state index is 0.0820. The zero-order chi connectivity index (χ0) is 19.3. The lowest BCUT2D eigenvalue weighted by Gasteiger charge is -2.22. The summed E-state index contributed by atoms with van der Waals surface area (Å²) in [6, 6.07) is 8.05. The van der Waals surface area contributed by atoms with Crippen molar-refractivity contribution >= 4 is 21.5 Å². The van der Waals surface area contributed by atoms with Crippen LogP contribution < -0.4 is 19.1 Å². The SMILES string of the molecule is COc1ccc(S(=O)(=O)Nc2ccc(N3CCCCCC3)cn2)cc1OC. The van der Waals surface area contributed by atoms with Crippen molar-refractivity contribution in [1.29, 1.82) is 0 Å². The van der Waals surface area contributed by atoms with E-state index in [9.17, 15) is 8.42 Å². The first-order chi connectivity index (χ1) is 13.0. The van der Waals surface area contributed by atoms with Gasteiger partial charge in [-0.3, -0.25) is 4.72 Å². The number of methoxy groups -OCH3 is 2. The molecule has 1 aliphatic rings. The van der Waals surface area contributed by atoms with Gasteiger partial charge < -0.3 is 14.4 Å². The Hall–Kier alpha value is -2.48. The number of anilines is 2. The van der Waals surface area contributed by atoms with Gasteiger partial charge in [-0.2, -0.15) is 0 Å². The fourth-order valence-electron chi connectivity index (χ4n) is 3.14. The largest absolute Gasteiger partial charge is 0.493 e. The maximum atomic E-state index is 12.6. The van der Waals surface area contributed by atoms with Gasteiger partial charge in [0.1, 0.15) is 5.82 Å². The molecule has 27 heavy (non-hydrogen) atoms. The summed E-state index contributed by atoms with van der Waals surface area (Å²) < 4.78 is 38.1. The van der Waals surface area contributed by atoms with Crippen molar-refractivity contribution in [3.8, 4) is 11.5 Å². The van der Waals surface area contributed by atoms with Crippen LogP contribution in [-0.2, 0) is 10.0 Å². The minimum Gasteiger partial charge on any atom is -0.493 e. The molecule has 1 aliphatic heterocycles. The Morgan fingerprint density at radius 2 is 1.67 bits per heavy atom. The summed E-state index contributed by atoms with van der Waals surface area (Å²) in [6.45, 7) is 2.02. The molecule has 0 spiro atoms. The van der Waals surface area contributed by atoms with Gasteiger partial charge in [-0.15, -0.1) is 0 Å². The zero-order valence-electron chi connectivity index (χ0n) is 15.6. The summed E-state index contributed by atoms with van der Waals surface area (Å²) >= 11 is 0. The highest BCUT2D eigenvalue weighted by atomic mass is 32.2. The van der Waals surface area contributed by atoms with Gasteiger partial charge >= 0.3 is 0 Å². The zero-order valence-corrected chi connectivity index (χ0v) is 16.5. The van der Waals surface area contributed by atoms with E-state index in [2.05, 4.69) is 14.6 Å². The molecule has 1 saturated heterocycles. The second-order valence-electron chi connectivity index (χ2n) is 6.43. The van der Waals surface area contributed by atoms with Crippen LogP contribution in [0.4, 0.5) is 11.5 Å². The number of aromatic nitrogens is 1. The Kier molecular flexibility index (Phi) is 6.05. The van der Waals surface area contributed by atoms with Crippen LogP contribution in [0.2, 0.25) is 0 Å². The van der Waals surface area contributed by atoms with E-state index >= 15 is 0 Å². The van der Waals surface area contributed by atoms with E-state index in [0.29, 0.717) is 11.5 Å². The highest BCUT2D eigenvalue weighted by Gasteiger charge is 2.18. The molecule has 1 N–H and O–H groups in total. The Morgan fingerprint density at radius 3 is 2.26 bits per heavy atom. The number of nitrogens with one attached hydrogen (secondary N) is 1. The predicted molar refractivity (Wildman–Crippen MR) is 105 cm³/mol. The van der Waals surface area contributed by atoms with Gasteiger partial charge in [0, 0.05) is 19.2 Å². The van der Waals surface area contributed by atoms with E-state index in [0.717, 1.165) is 18.8 Å². The third-order valence-corrected chi connectivity index (χ3v) is 5.98. The van der Waals surface area contributed by atoms with Crippen LogP contribution in [0.15, 0.2) is 41.4 Å². The molecule has 0 amide bonds. The van der Waals surface area contributed by atoms with Crippen molar-refractivity contribution in [2.75, 3.05) is 36.9 Å². The molecule has 0 saturated carbocycles. The molecular formula is C19H25N3O4S. The number of rotatable bonds is 6. The monoisotopic (exact) mass is 391 g/mol.